The van der Waals surface area contributed by atoms with Crippen molar-refractivity contribution in [3.63, 3.8) is 0 Å². The fraction of sp³-hybridized carbons (Fsp3) is 0.444. The van der Waals surface area contributed by atoms with Gasteiger partial charge in [-0.1, -0.05) is 6.92 Å². The summed E-state index contributed by atoms with van der Waals surface area (Å²) in [7, 11) is -3.47. The van der Waals surface area contributed by atoms with Gasteiger partial charge in [0.15, 0.2) is 14.9 Å². The average molecular weight is 259 g/mol. The van der Waals surface area contributed by atoms with E-state index < -0.39 is 14.8 Å². The molecule has 1 aromatic heterocycles. The minimum absolute atomic E-state index is 0.0141. The van der Waals surface area contributed by atoms with Crippen molar-refractivity contribution in [3.8, 4) is 0 Å². The number of anilines is 1. The van der Waals surface area contributed by atoms with E-state index in [2.05, 4.69) is 10.3 Å². The lowest BCUT2D eigenvalue weighted by Crippen LogP contribution is -2.09. The minimum atomic E-state index is -3.47. The third-order valence-corrected chi connectivity index (χ3v) is 2.95. The van der Waals surface area contributed by atoms with Crippen molar-refractivity contribution in [2.45, 2.75) is 18.4 Å². The Balaban J connectivity index is 3.24. The van der Waals surface area contributed by atoms with E-state index in [9.17, 15) is 18.5 Å². The zero-order valence-electron chi connectivity index (χ0n) is 9.50. The predicted octanol–water partition coefficient (Wildman–Crippen LogP) is 1.22. The third kappa shape index (κ3) is 3.38. The summed E-state index contributed by atoms with van der Waals surface area (Å²) in [5.41, 5.74) is -0.231. The summed E-state index contributed by atoms with van der Waals surface area (Å²) in [6.07, 6.45) is 1.76. The lowest BCUT2D eigenvalue weighted by molar-refractivity contribution is -0.384. The Morgan fingerprint density at radius 1 is 1.47 bits per heavy atom. The highest BCUT2D eigenvalue weighted by molar-refractivity contribution is 7.90. The highest BCUT2D eigenvalue weighted by atomic mass is 32.2. The van der Waals surface area contributed by atoms with Crippen LogP contribution >= 0.6 is 0 Å². The van der Waals surface area contributed by atoms with Crippen molar-refractivity contribution >= 4 is 21.3 Å². The normalized spacial score (nSPS) is 11.2. The van der Waals surface area contributed by atoms with Crippen molar-refractivity contribution in [3.05, 3.63) is 22.2 Å². The first-order valence-electron chi connectivity index (χ1n) is 4.95. The van der Waals surface area contributed by atoms with Gasteiger partial charge >= 0.3 is 5.69 Å². The van der Waals surface area contributed by atoms with E-state index in [1.807, 2.05) is 6.92 Å². The number of hydrogen-bond donors (Lipinski definition) is 1. The molecule has 0 aliphatic carbocycles. The van der Waals surface area contributed by atoms with Crippen LogP contribution in [-0.4, -0.2) is 31.1 Å². The molecule has 1 rings (SSSR count). The quantitative estimate of drug-likeness (QED) is 0.630. The first kappa shape index (κ1) is 13.4. The Kier molecular flexibility index (Phi) is 4.00. The van der Waals surface area contributed by atoms with Gasteiger partial charge in [-0.3, -0.25) is 10.1 Å². The van der Waals surface area contributed by atoms with Gasteiger partial charge in [0.25, 0.3) is 0 Å². The maximum atomic E-state index is 11.3. The van der Waals surface area contributed by atoms with Gasteiger partial charge in [0, 0.05) is 18.9 Å². The van der Waals surface area contributed by atoms with E-state index in [0.717, 1.165) is 24.8 Å². The number of hydrogen-bond acceptors (Lipinski definition) is 6. The third-order valence-electron chi connectivity index (χ3n) is 1.97. The van der Waals surface area contributed by atoms with Crippen LogP contribution in [0.4, 0.5) is 11.5 Å². The number of pyridine rings is 1. The summed E-state index contributed by atoms with van der Waals surface area (Å²) in [6.45, 7) is 2.38. The lowest BCUT2D eigenvalue weighted by atomic mass is 10.4. The largest absolute Gasteiger partial charge is 0.364 e. The molecule has 1 N–H and O–H groups in total. The number of rotatable bonds is 5. The van der Waals surface area contributed by atoms with Crippen molar-refractivity contribution in [2.24, 2.45) is 0 Å². The van der Waals surface area contributed by atoms with Crippen LogP contribution < -0.4 is 5.32 Å². The number of nitrogens with one attached hydrogen (secondary N) is 1. The van der Waals surface area contributed by atoms with Crippen molar-refractivity contribution in [1.82, 2.24) is 4.98 Å². The van der Waals surface area contributed by atoms with E-state index in [1.165, 1.54) is 0 Å². The number of nitro groups is 1. The molecule has 0 unspecified atom stereocenters. The van der Waals surface area contributed by atoms with Crippen LogP contribution in [0.3, 0.4) is 0 Å². The highest BCUT2D eigenvalue weighted by Gasteiger charge is 2.19. The van der Waals surface area contributed by atoms with Gasteiger partial charge in [-0.05, 0) is 12.5 Å². The van der Waals surface area contributed by atoms with E-state index in [1.54, 1.807) is 0 Å². The van der Waals surface area contributed by atoms with Crippen molar-refractivity contribution < 1.29 is 13.3 Å². The number of aromatic nitrogens is 1. The number of sulfone groups is 1. The van der Waals surface area contributed by atoms with Crippen LogP contribution in [0, 0.1) is 10.1 Å². The zero-order chi connectivity index (χ0) is 13.1. The van der Waals surface area contributed by atoms with E-state index in [-0.39, 0.29) is 16.5 Å². The molecule has 0 radical (unpaired) electrons. The fourth-order valence-corrected chi connectivity index (χ4v) is 1.73. The summed E-state index contributed by atoms with van der Waals surface area (Å²) in [6, 6.07) is 2.27. The van der Waals surface area contributed by atoms with E-state index in [4.69, 9.17) is 0 Å². The van der Waals surface area contributed by atoms with E-state index in [0.29, 0.717) is 6.54 Å². The maximum absolute atomic E-state index is 11.3. The van der Waals surface area contributed by atoms with Crippen LogP contribution in [0.25, 0.3) is 0 Å². The van der Waals surface area contributed by atoms with Gasteiger partial charge in [-0.2, -0.15) is 0 Å². The second-order valence-electron chi connectivity index (χ2n) is 3.47. The van der Waals surface area contributed by atoms with Gasteiger partial charge < -0.3 is 5.32 Å². The smallest absolute Gasteiger partial charge is 0.311 e. The van der Waals surface area contributed by atoms with Crippen LogP contribution in [0.2, 0.25) is 0 Å². The van der Waals surface area contributed by atoms with Gasteiger partial charge in [-0.25, -0.2) is 13.4 Å². The molecule has 0 aromatic carbocycles. The first-order valence-corrected chi connectivity index (χ1v) is 6.84. The van der Waals surface area contributed by atoms with Gasteiger partial charge in [-0.15, -0.1) is 0 Å². The second-order valence-corrected chi connectivity index (χ2v) is 5.44. The maximum Gasteiger partial charge on any atom is 0.311 e. The molecule has 0 atom stereocenters. The molecule has 7 nitrogen and oxygen atoms in total. The fourth-order valence-electron chi connectivity index (χ4n) is 1.16. The molecule has 1 aromatic rings. The Bertz CT molecular complexity index is 527. The topological polar surface area (TPSA) is 102 Å². The standard InChI is InChI=1S/C9H13N3O4S/c1-3-6-10-9-7(12(13)14)4-5-8(11-9)17(2,15)16/h4-5H,3,6H2,1-2H3,(H,10,11). The van der Waals surface area contributed by atoms with Crippen LogP contribution in [0.5, 0.6) is 0 Å². The van der Waals surface area contributed by atoms with Gasteiger partial charge in [0.2, 0.25) is 5.82 Å². The molecule has 17 heavy (non-hydrogen) atoms. The Labute approximate surface area is 98.9 Å². The molecule has 0 amide bonds. The van der Waals surface area contributed by atoms with E-state index >= 15 is 0 Å². The van der Waals surface area contributed by atoms with Crippen molar-refractivity contribution in [2.75, 3.05) is 18.1 Å². The van der Waals surface area contributed by atoms with Crippen LogP contribution in [0.1, 0.15) is 13.3 Å². The van der Waals surface area contributed by atoms with Crippen molar-refractivity contribution in [1.29, 1.82) is 0 Å². The van der Waals surface area contributed by atoms with Crippen LogP contribution in [0.15, 0.2) is 17.2 Å². The summed E-state index contributed by atoms with van der Waals surface area (Å²) in [5, 5.41) is 13.3. The SMILES string of the molecule is CCCNc1nc(S(C)(=O)=O)ccc1[N+](=O)[O-]. The first-order chi connectivity index (χ1) is 7.86. The van der Waals surface area contributed by atoms with Gasteiger partial charge in [0.1, 0.15) is 0 Å². The molecule has 0 saturated heterocycles. The molecule has 0 saturated carbocycles. The van der Waals surface area contributed by atoms with Crippen LogP contribution in [-0.2, 0) is 9.84 Å². The minimum Gasteiger partial charge on any atom is -0.364 e. The Morgan fingerprint density at radius 3 is 2.59 bits per heavy atom. The molecule has 0 bridgehead atoms. The molecular weight excluding hydrogens is 246 g/mol. The molecule has 94 valence electrons. The summed E-state index contributed by atoms with van der Waals surface area (Å²) < 4.78 is 22.6. The molecule has 0 aliphatic rings. The Morgan fingerprint density at radius 2 is 2.12 bits per heavy atom. The molecule has 1 heterocycles. The molecule has 0 spiro atoms. The predicted molar refractivity (Wildman–Crippen MR) is 62.8 cm³/mol. The van der Waals surface area contributed by atoms with Gasteiger partial charge in [0.05, 0.1) is 4.92 Å². The summed E-state index contributed by atoms with van der Waals surface area (Å²) >= 11 is 0. The number of nitrogens with zero attached hydrogens (tertiary/aromatic N) is 2. The Hall–Kier alpha value is -1.70. The molecule has 0 aliphatic heterocycles. The summed E-state index contributed by atoms with van der Waals surface area (Å²) in [5.74, 6) is -0.0141. The monoisotopic (exact) mass is 259 g/mol. The molecule has 8 heteroatoms. The summed E-state index contributed by atoms with van der Waals surface area (Å²) in [4.78, 5) is 13.9. The average Bonchev–Trinajstić information content (AvgIpc) is 2.24. The molecular formula is C9H13N3O4S. The zero-order valence-corrected chi connectivity index (χ0v) is 10.3. The second kappa shape index (κ2) is 5.09. The highest BCUT2D eigenvalue weighted by Crippen LogP contribution is 2.23. The lowest BCUT2D eigenvalue weighted by Gasteiger charge is -2.06. The molecule has 0 fully saturated rings.